The van der Waals surface area contributed by atoms with E-state index >= 15 is 0 Å². The predicted octanol–water partition coefficient (Wildman–Crippen LogP) is 40.8. The molecule has 0 aliphatic heterocycles. The number of aryl methyl sites for hydroxylation is 2. The van der Waals surface area contributed by atoms with Crippen LogP contribution >= 0.6 is 99.9 Å². The van der Waals surface area contributed by atoms with Gasteiger partial charge in [0, 0.05) is 184 Å². The van der Waals surface area contributed by atoms with E-state index in [0.717, 1.165) is 8.95 Å². The molecule has 0 amide bonds. The van der Waals surface area contributed by atoms with E-state index in [1.54, 1.807) is 0 Å². The van der Waals surface area contributed by atoms with Crippen LogP contribution in [0.4, 0.5) is 0 Å². The standard InChI is InChI=1S/C48H28Br2S2.C40H22S2.C36H20S2/c1-25-9-13-27(14-10-25)35-23-39-43-33-5-3-8-42-46(33)44(34-6-4-7-41(45(34)43)51-47(39)37-21-29(49)17-19-31(35)37)40-24-36(28-15-11-26(2)12-16-28)32-20-18-30(50)22-38(32)48(40)52-42;1-2-10-23(11-3-1)31-22-25-13-5-6-14-26(25)38-37-29-17-9-18-32-35(29)34(28-16-8-19-33(36(28)37)42-40(31)38)30-21-20-24-12-4-7-15-27(24)39(30)41-32;1-2-10-21(11-3-1)27-20-28-33-26-16-8-18-30-34(26)32(24-14-6-7-17-29(24)37-30)25-15-9-19-31(35(25)33)38-36(28)23-13-5-4-12-22(23)27/h3-24H,1-2H3;1-22H;1-20H. The van der Waals surface area contributed by atoms with Crippen LogP contribution in [0.3, 0.4) is 0 Å². The van der Waals surface area contributed by atoms with Crippen LogP contribution in [0, 0.1) is 13.8 Å². The molecular weight excluding hydrogens is 1840 g/mol. The van der Waals surface area contributed by atoms with Crippen LogP contribution in [0.5, 0.6) is 0 Å². The van der Waals surface area contributed by atoms with Crippen LogP contribution in [-0.4, -0.2) is 0 Å². The average Bonchev–Trinajstić information content (AvgIpc) is 0.708. The summed E-state index contributed by atoms with van der Waals surface area (Å²) in [7, 11) is 0. The summed E-state index contributed by atoms with van der Waals surface area (Å²) in [5.74, 6) is 0. The molecule has 0 unspecified atom stereocenters. The Hall–Kier alpha value is -13.6. The zero-order valence-corrected chi connectivity index (χ0v) is 79.2. The van der Waals surface area contributed by atoms with E-state index in [9.17, 15) is 0 Å². The Balaban J connectivity index is 0.000000100. The second-order valence-electron chi connectivity index (χ2n) is 35.2. The molecule has 8 heteroatoms. The molecule has 0 radical (unpaired) electrons. The van der Waals surface area contributed by atoms with Gasteiger partial charge in [-0.3, -0.25) is 0 Å². The predicted molar refractivity (Wildman–Crippen MR) is 596 cm³/mol. The lowest BCUT2D eigenvalue weighted by Gasteiger charge is -2.20. The van der Waals surface area contributed by atoms with E-state index in [0.29, 0.717) is 0 Å². The van der Waals surface area contributed by atoms with Crippen molar-refractivity contribution in [2.24, 2.45) is 0 Å². The normalized spacial score (nSPS) is 12.2. The Morgan fingerprint density at radius 2 is 0.462 bits per heavy atom. The molecule has 6 heterocycles. The average molecular weight is 1910 g/mol. The van der Waals surface area contributed by atoms with Crippen molar-refractivity contribution >= 4 is 339 Å². The fourth-order valence-corrected chi connectivity index (χ4v) is 30.3. The van der Waals surface area contributed by atoms with Gasteiger partial charge >= 0.3 is 0 Å². The summed E-state index contributed by atoms with van der Waals surface area (Å²) in [6.07, 6.45) is 0. The summed E-state index contributed by atoms with van der Waals surface area (Å²) in [6, 6.07) is 145. The third-order valence-electron chi connectivity index (χ3n) is 27.9. The maximum absolute atomic E-state index is 3.84. The van der Waals surface area contributed by atoms with E-state index in [4.69, 9.17) is 0 Å². The fourth-order valence-electron chi connectivity index (χ4n) is 22.2. The van der Waals surface area contributed by atoms with E-state index in [-0.39, 0.29) is 0 Å². The molecule has 0 fully saturated rings. The fraction of sp³-hybridized carbons (Fsp3) is 0.0161. The molecule has 0 saturated heterocycles. The van der Waals surface area contributed by atoms with E-state index in [1.165, 1.54) is 295 Å². The Bertz CT molecular complexity index is 10100. The molecule has 132 heavy (non-hydrogen) atoms. The smallest absolute Gasteiger partial charge is 0.0440 e. The van der Waals surface area contributed by atoms with Crippen LogP contribution in [0.1, 0.15) is 11.1 Å². The van der Waals surface area contributed by atoms with E-state index < -0.39 is 0 Å². The molecule has 0 saturated carbocycles. The minimum atomic E-state index is 1.10. The lowest BCUT2D eigenvalue weighted by Crippen LogP contribution is -1.91. The first-order valence-electron chi connectivity index (χ1n) is 44.8. The van der Waals surface area contributed by atoms with Crippen LogP contribution in [0.2, 0.25) is 0 Å². The molecule has 24 aromatic carbocycles. The van der Waals surface area contributed by atoms with Crippen molar-refractivity contribution < 1.29 is 0 Å². The Morgan fingerprint density at radius 3 is 0.939 bits per heavy atom. The number of hydrogen-bond acceptors (Lipinski definition) is 6. The molecule has 6 aromatic heterocycles. The molecule has 616 valence electrons. The van der Waals surface area contributed by atoms with Crippen molar-refractivity contribution in [3.63, 3.8) is 0 Å². The number of benzene rings is 24. The maximum atomic E-state index is 3.84. The molecule has 0 spiro atoms. The zero-order valence-electron chi connectivity index (χ0n) is 71.2. The molecule has 0 bridgehead atoms. The van der Waals surface area contributed by atoms with Crippen molar-refractivity contribution in [1.29, 1.82) is 0 Å². The van der Waals surface area contributed by atoms with Gasteiger partial charge in [-0.15, -0.1) is 68.0 Å². The van der Waals surface area contributed by atoms with Crippen LogP contribution in [-0.2, 0) is 0 Å². The molecule has 30 rings (SSSR count). The summed E-state index contributed by atoms with van der Waals surface area (Å²) < 4.78 is 18.3. The molecule has 0 N–H and O–H groups in total. The highest BCUT2D eigenvalue weighted by atomic mass is 79.9. The number of hydrogen-bond donors (Lipinski definition) is 0. The van der Waals surface area contributed by atoms with Crippen molar-refractivity contribution in [2.75, 3.05) is 0 Å². The summed E-state index contributed by atoms with van der Waals surface area (Å²) in [5.41, 5.74) is 12.7. The van der Waals surface area contributed by atoms with Crippen LogP contribution in [0.25, 0.3) is 284 Å². The first-order chi connectivity index (χ1) is 65.1. The van der Waals surface area contributed by atoms with Gasteiger partial charge in [-0.05, 0) is 214 Å². The van der Waals surface area contributed by atoms with Gasteiger partial charge in [0.2, 0.25) is 0 Å². The molecular formula is C124H70Br2S6. The summed E-state index contributed by atoms with van der Waals surface area (Å²) in [5, 5.41) is 45.6. The largest absolute Gasteiger partial charge is 0.135 e. The van der Waals surface area contributed by atoms with Gasteiger partial charge < -0.3 is 0 Å². The highest BCUT2D eigenvalue weighted by Gasteiger charge is 2.28. The summed E-state index contributed by atoms with van der Waals surface area (Å²) in [4.78, 5) is 0. The highest BCUT2D eigenvalue weighted by Crippen LogP contribution is 2.58. The van der Waals surface area contributed by atoms with E-state index in [2.05, 4.69) is 434 Å². The van der Waals surface area contributed by atoms with Gasteiger partial charge in [-0.1, -0.05) is 340 Å². The Kier molecular flexibility index (Phi) is 17.5. The summed E-state index contributed by atoms with van der Waals surface area (Å²) >= 11 is 19.2. The Morgan fingerprint density at radius 1 is 0.152 bits per heavy atom. The van der Waals surface area contributed by atoms with Gasteiger partial charge in [0.1, 0.15) is 0 Å². The second kappa shape index (κ2) is 30.0. The van der Waals surface area contributed by atoms with E-state index in [1.807, 2.05) is 68.0 Å². The zero-order chi connectivity index (χ0) is 87.0. The SMILES string of the molecule is Cc1ccc(-c2cc3c(sc4cccc5c4c3c3cccc4sc6c7cc(Br)ccc7c(-c7ccc(C)cc7)cc6c5c43)c3cc(Br)ccc23)cc1.c1ccc(-c2cc3c(sc4cccc5c4c3c3cccc4sc6ccccc6c5c43)c3ccccc23)cc1.c1ccc(-c2cc3ccccc3c3c2sc2cccc4c2c3c2cccc3sc5c6ccccc6ccc5c4c32)cc1. The van der Waals surface area contributed by atoms with Crippen molar-refractivity contribution in [3.05, 3.63) is 408 Å². The molecule has 0 aliphatic carbocycles. The monoisotopic (exact) mass is 1910 g/mol. The minimum absolute atomic E-state index is 1.10. The summed E-state index contributed by atoms with van der Waals surface area (Å²) in [6.45, 7) is 4.32. The van der Waals surface area contributed by atoms with Crippen molar-refractivity contribution in [3.8, 4) is 44.5 Å². The molecule has 0 atom stereocenters. The third kappa shape index (κ3) is 11.6. The van der Waals surface area contributed by atoms with Gasteiger partial charge in [0.25, 0.3) is 0 Å². The number of halogens is 2. The molecule has 30 aromatic rings. The van der Waals surface area contributed by atoms with Gasteiger partial charge in [0.05, 0.1) is 0 Å². The maximum Gasteiger partial charge on any atom is 0.0440 e. The van der Waals surface area contributed by atoms with Gasteiger partial charge in [0.15, 0.2) is 0 Å². The highest BCUT2D eigenvalue weighted by molar-refractivity contribution is 9.10. The quantitative estimate of drug-likeness (QED) is 0.122. The topological polar surface area (TPSA) is 0 Å². The van der Waals surface area contributed by atoms with Crippen molar-refractivity contribution in [2.45, 2.75) is 13.8 Å². The molecule has 0 nitrogen and oxygen atoms in total. The number of rotatable bonds is 4. The first-order valence-corrected chi connectivity index (χ1v) is 51.2. The molecule has 0 aliphatic rings. The lowest BCUT2D eigenvalue weighted by atomic mass is 9.88. The van der Waals surface area contributed by atoms with Crippen molar-refractivity contribution in [1.82, 2.24) is 0 Å². The van der Waals surface area contributed by atoms with Crippen LogP contribution in [0.15, 0.2) is 397 Å². The van der Waals surface area contributed by atoms with Gasteiger partial charge in [-0.25, -0.2) is 0 Å². The minimum Gasteiger partial charge on any atom is -0.135 e. The third-order valence-corrected chi connectivity index (χ3v) is 36.0. The lowest BCUT2D eigenvalue weighted by molar-refractivity contribution is 1.47. The number of fused-ring (bicyclic) bond motifs is 28. The van der Waals surface area contributed by atoms with Gasteiger partial charge in [-0.2, -0.15) is 0 Å². The Labute approximate surface area is 798 Å². The second-order valence-corrected chi connectivity index (χ2v) is 43.4. The first kappa shape index (κ1) is 77.2. The van der Waals surface area contributed by atoms with Crippen LogP contribution < -0.4 is 0 Å².